The first-order chi connectivity index (χ1) is 8.50. The highest BCUT2D eigenvalue weighted by Gasteiger charge is 2.12. The van der Waals surface area contributed by atoms with E-state index in [1.165, 1.54) is 13.2 Å². The predicted octanol–water partition coefficient (Wildman–Crippen LogP) is 1.51. The van der Waals surface area contributed by atoms with Gasteiger partial charge in [-0.25, -0.2) is 0 Å². The number of furan rings is 1. The lowest BCUT2D eigenvalue weighted by Gasteiger charge is -2.23. The molecule has 0 aliphatic rings. The van der Waals surface area contributed by atoms with Crippen molar-refractivity contribution in [3.8, 4) is 0 Å². The van der Waals surface area contributed by atoms with Gasteiger partial charge in [-0.3, -0.25) is 9.59 Å². The molecule has 0 radical (unpaired) electrons. The van der Waals surface area contributed by atoms with E-state index in [1.54, 1.807) is 17.0 Å². The fourth-order valence-corrected chi connectivity index (χ4v) is 1.62. The number of amides is 2. The lowest BCUT2D eigenvalue weighted by molar-refractivity contribution is -0.129. The van der Waals surface area contributed by atoms with Crippen molar-refractivity contribution in [1.29, 1.82) is 0 Å². The molecule has 5 nitrogen and oxygen atoms in total. The van der Waals surface area contributed by atoms with Crippen LogP contribution >= 0.6 is 0 Å². The van der Waals surface area contributed by atoms with Crippen LogP contribution in [0.4, 0.5) is 0 Å². The summed E-state index contributed by atoms with van der Waals surface area (Å²) in [7, 11) is 0. The Morgan fingerprint density at radius 3 is 2.67 bits per heavy atom. The minimum Gasteiger partial charge on any atom is -0.459 e. The Morgan fingerprint density at radius 1 is 1.44 bits per heavy atom. The van der Waals surface area contributed by atoms with Crippen molar-refractivity contribution >= 4 is 11.8 Å². The smallest absolute Gasteiger partial charge is 0.287 e. The van der Waals surface area contributed by atoms with E-state index in [2.05, 4.69) is 19.2 Å². The molecule has 0 spiro atoms. The Kier molecular flexibility index (Phi) is 5.42. The van der Waals surface area contributed by atoms with Gasteiger partial charge in [0, 0.05) is 26.6 Å². The molecule has 1 aromatic rings. The number of rotatable bonds is 6. The van der Waals surface area contributed by atoms with E-state index < -0.39 is 0 Å². The second kappa shape index (κ2) is 6.83. The molecule has 0 aliphatic heterocycles. The lowest BCUT2D eigenvalue weighted by Crippen LogP contribution is -2.39. The van der Waals surface area contributed by atoms with Crippen LogP contribution in [0.15, 0.2) is 22.8 Å². The summed E-state index contributed by atoms with van der Waals surface area (Å²) in [6, 6.07) is 3.27. The first-order valence-corrected chi connectivity index (χ1v) is 6.08. The summed E-state index contributed by atoms with van der Waals surface area (Å²) >= 11 is 0. The molecule has 0 bridgehead atoms. The first kappa shape index (κ1) is 14.3. The number of hydrogen-bond donors (Lipinski definition) is 1. The van der Waals surface area contributed by atoms with Gasteiger partial charge < -0.3 is 14.6 Å². The molecule has 2 amide bonds. The van der Waals surface area contributed by atoms with Crippen LogP contribution in [-0.2, 0) is 4.79 Å². The first-order valence-electron chi connectivity index (χ1n) is 6.08. The van der Waals surface area contributed by atoms with Gasteiger partial charge in [0.05, 0.1) is 6.26 Å². The van der Waals surface area contributed by atoms with Gasteiger partial charge in [-0.1, -0.05) is 13.8 Å². The van der Waals surface area contributed by atoms with Gasteiger partial charge in [-0.05, 0) is 18.1 Å². The van der Waals surface area contributed by atoms with Gasteiger partial charge in [0.2, 0.25) is 5.91 Å². The lowest BCUT2D eigenvalue weighted by atomic mass is 10.2. The third kappa shape index (κ3) is 4.61. The van der Waals surface area contributed by atoms with Crippen molar-refractivity contribution in [2.75, 3.05) is 19.6 Å². The summed E-state index contributed by atoms with van der Waals surface area (Å²) in [6.07, 6.45) is 1.45. The van der Waals surface area contributed by atoms with Gasteiger partial charge >= 0.3 is 0 Å². The molecule has 1 heterocycles. The van der Waals surface area contributed by atoms with Crippen LogP contribution in [0.3, 0.4) is 0 Å². The fourth-order valence-electron chi connectivity index (χ4n) is 1.62. The zero-order valence-electron chi connectivity index (χ0n) is 11.1. The zero-order chi connectivity index (χ0) is 13.5. The van der Waals surface area contributed by atoms with E-state index >= 15 is 0 Å². The highest BCUT2D eigenvalue weighted by Crippen LogP contribution is 2.00. The van der Waals surface area contributed by atoms with Crippen LogP contribution in [0.1, 0.15) is 31.3 Å². The van der Waals surface area contributed by atoms with Crippen molar-refractivity contribution in [2.24, 2.45) is 5.92 Å². The van der Waals surface area contributed by atoms with Crippen LogP contribution in [0.5, 0.6) is 0 Å². The molecular weight excluding hydrogens is 232 g/mol. The Balaban J connectivity index is 2.35. The Morgan fingerprint density at radius 2 is 2.17 bits per heavy atom. The summed E-state index contributed by atoms with van der Waals surface area (Å²) in [5.74, 6) is 0.465. The van der Waals surface area contributed by atoms with Crippen LogP contribution in [0.2, 0.25) is 0 Å². The maximum absolute atomic E-state index is 11.6. The summed E-state index contributed by atoms with van der Waals surface area (Å²) in [5, 5.41) is 2.72. The molecular formula is C13H20N2O3. The number of carbonyl (C=O) groups is 2. The van der Waals surface area contributed by atoms with Gasteiger partial charge in [0.1, 0.15) is 0 Å². The molecule has 0 unspecified atom stereocenters. The SMILES string of the molecule is CC(=O)N(CCNC(=O)c1ccco1)CC(C)C. The number of hydrogen-bond acceptors (Lipinski definition) is 3. The van der Waals surface area contributed by atoms with E-state index in [1.807, 2.05) is 0 Å². The number of nitrogens with one attached hydrogen (secondary N) is 1. The minimum absolute atomic E-state index is 0.0240. The highest BCUT2D eigenvalue weighted by atomic mass is 16.3. The molecule has 0 aliphatic carbocycles. The van der Waals surface area contributed by atoms with Crippen molar-refractivity contribution in [2.45, 2.75) is 20.8 Å². The fraction of sp³-hybridized carbons (Fsp3) is 0.538. The standard InChI is InChI=1S/C13H20N2O3/c1-10(2)9-15(11(3)16)7-6-14-13(17)12-5-4-8-18-12/h4-5,8,10H,6-7,9H2,1-3H3,(H,14,17). The molecule has 100 valence electrons. The maximum Gasteiger partial charge on any atom is 0.287 e. The third-order valence-electron chi connectivity index (χ3n) is 2.44. The summed E-state index contributed by atoms with van der Waals surface area (Å²) in [4.78, 5) is 24.7. The highest BCUT2D eigenvalue weighted by molar-refractivity contribution is 5.91. The Labute approximate surface area is 107 Å². The topological polar surface area (TPSA) is 62.6 Å². The molecule has 1 aromatic heterocycles. The molecule has 5 heteroatoms. The van der Waals surface area contributed by atoms with Gasteiger partial charge in [0.15, 0.2) is 5.76 Å². The zero-order valence-corrected chi connectivity index (χ0v) is 11.1. The average molecular weight is 252 g/mol. The largest absolute Gasteiger partial charge is 0.459 e. The number of nitrogens with zero attached hydrogens (tertiary/aromatic N) is 1. The molecule has 1 N–H and O–H groups in total. The minimum atomic E-state index is -0.256. The maximum atomic E-state index is 11.6. The average Bonchev–Trinajstić information content (AvgIpc) is 2.80. The van der Waals surface area contributed by atoms with Crippen molar-refractivity contribution in [1.82, 2.24) is 10.2 Å². The van der Waals surface area contributed by atoms with Crippen molar-refractivity contribution < 1.29 is 14.0 Å². The van der Waals surface area contributed by atoms with Crippen molar-refractivity contribution in [3.63, 3.8) is 0 Å². The van der Waals surface area contributed by atoms with Crippen LogP contribution in [0.25, 0.3) is 0 Å². The Hall–Kier alpha value is -1.78. The van der Waals surface area contributed by atoms with Gasteiger partial charge in [-0.2, -0.15) is 0 Å². The van der Waals surface area contributed by atoms with E-state index in [9.17, 15) is 9.59 Å². The van der Waals surface area contributed by atoms with E-state index in [0.717, 1.165) is 0 Å². The van der Waals surface area contributed by atoms with Gasteiger partial charge in [0.25, 0.3) is 5.91 Å². The molecule has 0 atom stereocenters. The molecule has 18 heavy (non-hydrogen) atoms. The molecule has 0 saturated heterocycles. The third-order valence-corrected chi connectivity index (χ3v) is 2.44. The van der Waals surface area contributed by atoms with Gasteiger partial charge in [-0.15, -0.1) is 0 Å². The van der Waals surface area contributed by atoms with Crippen LogP contribution < -0.4 is 5.32 Å². The second-order valence-electron chi connectivity index (χ2n) is 4.59. The molecule has 1 rings (SSSR count). The van der Waals surface area contributed by atoms with Crippen LogP contribution in [0, 0.1) is 5.92 Å². The molecule has 0 aromatic carbocycles. The summed E-state index contributed by atoms with van der Waals surface area (Å²) in [6.45, 7) is 7.28. The van der Waals surface area contributed by atoms with E-state index in [-0.39, 0.29) is 17.6 Å². The summed E-state index contributed by atoms with van der Waals surface area (Å²) in [5.41, 5.74) is 0. The quantitative estimate of drug-likeness (QED) is 0.834. The molecule has 0 saturated carbocycles. The van der Waals surface area contributed by atoms with Crippen LogP contribution in [-0.4, -0.2) is 36.3 Å². The summed E-state index contributed by atoms with van der Waals surface area (Å²) < 4.78 is 4.97. The predicted molar refractivity (Wildman–Crippen MR) is 68.1 cm³/mol. The van der Waals surface area contributed by atoms with E-state index in [4.69, 9.17) is 4.42 Å². The normalized spacial score (nSPS) is 10.4. The van der Waals surface area contributed by atoms with Crippen molar-refractivity contribution in [3.05, 3.63) is 24.2 Å². The Bertz CT molecular complexity index is 385. The monoisotopic (exact) mass is 252 g/mol. The van der Waals surface area contributed by atoms with E-state index in [0.29, 0.717) is 25.6 Å². The molecule has 0 fully saturated rings. The number of carbonyl (C=O) groups excluding carboxylic acids is 2. The second-order valence-corrected chi connectivity index (χ2v) is 4.59.